The second-order valence-electron chi connectivity index (χ2n) is 13.0. The minimum Gasteiger partial charge on any atom is -0.490 e. The molecule has 2 heterocycles. The summed E-state index contributed by atoms with van der Waals surface area (Å²) in [6, 6.07) is 10.3. The van der Waals surface area contributed by atoms with Gasteiger partial charge in [-0.1, -0.05) is 46.3 Å². The molecule has 2 amide bonds. The molecule has 49 heavy (non-hydrogen) atoms. The average molecular weight is 753 g/mol. The normalized spacial score (nSPS) is 22.5. The van der Waals surface area contributed by atoms with E-state index in [1.165, 1.54) is 35.2 Å². The molecular formula is C35H35BrF5N3O5. The number of carbonyl (C=O) groups excluding carboxylic acids is 3. The molecule has 2 bridgehead atoms. The highest BCUT2D eigenvalue weighted by Gasteiger charge is 2.54. The van der Waals surface area contributed by atoms with Crippen molar-refractivity contribution in [3.8, 4) is 5.75 Å². The fraction of sp³-hybridized carbons (Fsp3) is 0.457. The molecule has 3 aromatic carbocycles. The van der Waals surface area contributed by atoms with Crippen LogP contribution in [0.4, 0.5) is 22.0 Å². The maximum Gasteiger partial charge on any atom is 0.490 e. The average Bonchev–Trinajstić information content (AvgIpc) is 3.66. The number of ether oxygens (including phenoxy) is 2. The number of nitrogens with one attached hydrogen (secondary N) is 1. The van der Waals surface area contributed by atoms with Gasteiger partial charge in [-0.25, -0.2) is 4.79 Å². The summed E-state index contributed by atoms with van der Waals surface area (Å²) < 4.78 is 84.2. The molecule has 3 fully saturated rings. The van der Waals surface area contributed by atoms with Crippen LogP contribution in [0.2, 0.25) is 0 Å². The monoisotopic (exact) mass is 751 g/mol. The first-order valence-corrected chi connectivity index (χ1v) is 17.0. The minimum absolute atomic E-state index is 0.0784. The first kappa shape index (κ1) is 35.1. The van der Waals surface area contributed by atoms with Crippen molar-refractivity contribution < 1.29 is 45.8 Å². The summed E-state index contributed by atoms with van der Waals surface area (Å²) in [7, 11) is 0. The molecule has 0 spiro atoms. The fourth-order valence-electron chi connectivity index (χ4n) is 7.22. The predicted octanol–water partition coefficient (Wildman–Crippen LogP) is 6.83. The molecule has 0 aromatic heterocycles. The van der Waals surface area contributed by atoms with Gasteiger partial charge in [-0.05, 0) is 92.5 Å². The number of halogens is 6. The molecule has 3 aromatic rings. The van der Waals surface area contributed by atoms with Crippen molar-refractivity contribution in [3.05, 3.63) is 76.3 Å². The van der Waals surface area contributed by atoms with Crippen LogP contribution in [0.5, 0.6) is 5.75 Å². The van der Waals surface area contributed by atoms with E-state index < -0.39 is 59.7 Å². The van der Waals surface area contributed by atoms with Gasteiger partial charge in [0.25, 0.3) is 11.8 Å². The summed E-state index contributed by atoms with van der Waals surface area (Å²) in [5.41, 5.74) is 5.30. The van der Waals surface area contributed by atoms with Gasteiger partial charge in [-0.3, -0.25) is 9.59 Å². The number of hydrogen-bond donors (Lipinski definition) is 2. The summed E-state index contributed by atoms with van der Waals surface area (Å²) in [6.07, 6.45) is -1.94. The topological polar surface area (TPSA) is 111 Å². The van der Waals surface area contributed by atoms with E-state index >= 15 is 8.78 Å². The molecule has 8 nitrogen and oxygen atoms in total. The highest BCUT2D eigenvalue weighted by molar-refractivity contribution is 9.10. The smallest absolute Gasteiger partial charge is 0.490 e. The van der Waals surface area contributed by atoms with Gasteiger partial charge < -0.3 is 25.4 Å². The number of amides is 2. The Labute approximate surface area is 287 Å². The van der Waals surface area contributed by atoms with Gasteiger partial charge in [0.15, 0.2) is 6.04 Å². The van der Waals surface area contributed by atoms with E-state index in [0.29, 0.717) is 46.7 Å². The fourth-order valence-corrected chi connectivity index (χ4v) is 7.48. The Morgan fingerprint density at radius 3 is 2.10 bits per heavy atom. The van der Waals surface area contributed by atoms with Crippen molar-refractivity contribution in [3.63, 3.8) is 0 Å². The van der Waals surface area contributed by atoms with E-state index in [1.807, 2.05) is 5.32 Å². The second kappa shape index (κ2) is 13.9. The lowest BCUT2D eigenvalue weighted by Gasteiger charge is -2.41. The van der Waals surface area contributed by atoms with E-state index in [0.717, 1.165) is 37.8 Å². The second-order valence-corrected chi connectivity index (χ2v) is 13.9. The van der Waals surface area contributed by atoms with Crippen molar-refractivity contribution in [2.75, 3.05) is 0 Å². The summed E-state index contributed by atoms with van der Waals surface area (Å²) in [6.45, 7) is 0. The lowest BCUT2D eigenvalue weighted by atomic mass is 9.94. The van der Waals surface area contributed by atoms with Crippen molar-refractivity contribution in [1.29, 1.82) is 0 Å². The molecule has 2 aliphatic heterocycles. The van der Waals surface area contributed by atoms with Crippen LogP contribution in [0.1, 0.15) is 68.6 Å². The number of benzene rings is 3. The first-order valence-electron chi connectivity index (χ1n) is 16.2. The first-order chi connectivity index (χ1) is 23.2. The zero-order chi connectivity index (χ0) is 35.1. The molecule has 14 heteroatoms. The Morgan fingerprint density at radius 2 is 1.47 bits per heavy atom. The zero-order valence-electron chi connectivity index (χ0n) is 26.2. The van der Waals surface area contributed by atoms with Crippen LogP contribution in [0.3, 0.4) is 0 Å². The third-order valence-corrected chi connectivity index (χ3v) is 10.1. The lowest BCUT2D eigenvalue weighted by Crippen LogP contribution is -2.61. The Hall–Kier alpha value is -3.78. The highest BCUT2D eigenvalue weighted by Crippen LogP contribution is 2.40. The highest BCUT2D eigenvalue weighted by atomic mass is 79.9. The Bertz CT molecular complexity index is 1700. The van der Waals surface area contributed by atoms with E-state index in [-0.39, 0.29) is 17.7 Å². The molecular weight excluding hydrogens is 717 g/mol. The summed E-state index contributed by atoms with van der Waals surface area (Å²) in [5.74, 6) is -8.75. The molecule has 3 N–H and O–H groups in total. The number of carbonyl (C=O) groups is 3. The molecule has 2 saturated heterocycles. The van der Waals surface area contributed by atoms with Crippen LogP contribution < -0.4 is 15.8 Å². The number of hydrogen-bond acceptors (Lipinski definition) is 6. The van der Waals surface area contributed by atoms with Crippen molar-refractivity contribution >= 4 is 44.5 Å². The summed E-state index contributed by atoms with van der Waals surface area (Å²) in [5, 5.41) is 3.10. The third-order valence-electron chi connectivity index (χ3n) is 9.59. The summed E-state index contributed by atoms with van der Waals surface area (Å²) in [4.78, 5) is 41.3. The maximum atomic E-state index is 16.4. The number of fused-ring (bicyclic) bond motifs is 3. The zero-order valence-corrected chi connectivity index (χ0v) is 27.8. The van der Waals surface area contributed by atoms with Crippen molar-refractivity contribution in [1.82, 2.24) is 10.2 Å². The van der Waals surface area contributed by atoms with Gasteiger partial charge in [0.05, 0.1) is 6.10 Å². The van der Waals surface area contributed by atoms with Gasteiger partial charge >= 0.3 is 18.1 Å². The lowest BCUT2D eigenvalue weighted by molar-refractivity contribution is -0.206. The van der Waals surface area contributed by atoms with E-state index in [4.69, 9.17) is 10.5 Å². The molecule has 0 radical (unpaired) electrons. The molecule has 262 valence electrons. The Kier molecular flexibility index (Phi) is 9.91. The van der Waals surface area contributed by atoms with Gasteiger partial charge in [-0.15, -0.1) is 0 Å². The Balaban J connectivity index is 1.34. The van der Waals surface area contributed by atoms with Gasteiger partial charge in [0.1, 0.15) is 5.75 Å². The number of nitrogens with zero attached hydrogens (tertiary/aromatic N) is 1. The van der Waals surface area contributed by atoms with Crippen molar-refractivity contribution in [2.24, 2.45) is 5.73 Å². The number of esters is 1. The Morgan fingerprint density at radius 1 is 0.857 bits per heavy atom. The van der Waals surface area contributed by atoms with E-state index in [9.17, 15) is 27.6 Å². The quantitative estimate of drug-likeness (QED) is 0.183. The number of rotatable bonds is 9. The minimum atomic E-state index is -5.50. The largest absolute Gasteiger partial charge is 0.490 e. The molecule has 2 unspecified atom stereocenters. The molecule has 1 saturated carbocycles. The van der Waals surface area contributed by atoms with Crippen LogP contribution in [-0.2, 0) is 25.0 Å². The van der Waals surface area contributed by atoms with E-state index in [2.05, 4.69) is 20.7 Å². The standard InChI is InChI=1S/C35H35BrF5N3O5/c36-23-10-8-22(9-11-23)34(37,38)30(32(46)44-25-12-13-26(44)18-24(42)17-25)43-31(45)29(49-33(47)35(39,40)41)21-6-5-20-16-28(14-7-19(20)15-21)48-27-3-1-2-4-27/h5-11,14-16,24-27,29-30H,1-4,12-13,17-18,42H2,(H,43,45)/t24?,25?,26?,29-,30+/m0/s1. The third kappa shape index (κ3) is 7.54. The van der Waals surface area contributed by atoms with E-state index in [1.54, 1.807) is 18.2 Å². The number of alkyl halides is 5. The molecule has 6 rings (SSSR count). The summed E-state index contributed by atoms with van der Waals surface area (Å²) >= 11 is 3.19. The van der Waals surface area contributed by atoms with Crippen LogP contribution in [0, 0.1) is 0 Å². The molecule has 1 aliphatic carbocycles. The van der Waals surface area contributed by atoms with Crippen LogP contribution in [-0.4, -0.2) is 59.1 Å². The van der Waals surface area contributed by atoms with Crippen molar-refractivity contribution in [2.45, 2.75) is 99.8 Å². The van der Waals surface area contributed by atoms with Gasteiger partial charge in [-0.2, -0.15) is 22.0 Å². The predicted molar refractivity (Wildman–Crippen MR) is 173 cm³/mol. The van der Waals surface area contributed by atoms with Gasteiger partial charge in [0.2, 0.25) is 6.10 Å². The maximum absolute atomic E-state index is 16.4. The molecule has 3 aliphatic rings. The van der Waals surface area contributed by atoms with Crippen LogP contribution >= 0.6 is 15.9 Å². The van der Waals surface area contributed by atoms with Gasteiger partial charge in [0, 0.05) is 33.7 Å². The number of nitrogens with two attached hydrogens (primary N) is 1. The van der Waals surface area contributed by atoms with Crippen LogP contribution in [0.25, 0.3) is 10.8 Å². The SMILES string of the molecule is NC1CC2CCC(C1)N2C(=O)[C@@H](NC(=O)[C@@H](OC(=O)C(F)(F)F)c1ccc2cc(OC3CCCC3)ccc2c1)C(F)(F)c1ccc(Br)cc1. The van der Waals surface area contributed by atoms with Crippen LogP contribution in [0.15, 0.2) is 65.1 Å². The number of piperidine rings is 1. The molecule has 4 atom stereocenters.